The largest absolute Gasteiger partial charge is 0.317 e. The van der Waals surface area contributed by atoms with E-state index in [2.05, 4.69) is 30.1 Å². The predicted octanol–water partition coefficient (Wildman–Crippen LogP) is 1.86. The summed E-state index contributed by atoms with van der Waals surface area (Å²) in [5.74, 6) is 0.957. The van der Waals surface area contributed by atoms with Crippen LogP contribution in [0.2, 0.25) is 0 Å². The van der Waals surface area contributed by atoms with Crippen LogP contribution in [0, 0.1) is 23.2 Å². The molecule has 1 rings (SSSR count). The van der Waals surface area contributed by atoms with Crippen LogP contribution in [0.1, 0.15) is 33.6 Å². The van der Waals surface area contributed by atoms with Crippen LogP contribution in [0.25, 0.3) is 0 Å². The lowest BCUT2D eigenvalue weighted by Gasteiger charge is -2.33. The Morgan fingerprint density at radius 2 is 1.94 bits per heavy atom. The standard InChI is InChI=1S/C13H25N3/c1-11(2)16(9-12(3)8-14)10-13-4-6-15-7-5-13/h11-13,15H,4-7,9-10H2,1-3H3. The third kappa shape index (κ3) is 4.51. The van der Waals surface area contributed by atoms with Crippen molar-refractivity contribution in [3.8, 4) is 6.07 Å². The molecule has 0 radical (unpaired) electrons. The fourth-order valence-corrected chi connectivity index (χ4v) is 2.28. The van der Waals surface area contributed by atoms with Gasteiger partial charge in [-0.3, -0.25) is 4.90 Å². The van der Waals surface area contributed by atoms with E-state index >= 15 is 0 Å². The molecule has 1 heterocycles. The molecule has 0 aliphatic carbocycles. The number of nitrogens with one attached hydrogen (secondary N) is 1. The SMILES string of the molecule is CC(C#N)CN(CC1CCNCC1)C(C)C. The van der Waals surface area contributed by atoms with Crippen molar-refractivity contribution < 1.29 is 0 Å². The van der Waals surface area contributed by atoms with Crippen LogP contribution in [0.15, 0.2) is 0 Å². The van der Waals surface area contributed by atoms with Gasteiger partial charge in [0.2, 0.25) is 0 Å². The summed E-state index contributed by atoms with van der Waals surface area (Å²) in [5, 5.41) is 12.3. The molecule has 0 aromatic heterocycles. The molecule has 1 saturated heterocycles. The Balaban J connectivity index is 2.40. The first-order valence-corrected chi connectivity index (χ1v) is 6.48. The summed E-state index contributed by atoms with van der Waals surface area (Å²) < 4.78 is 0. The van der Waals surface area contributed by atoms with Gasteiger partial charge in [0, 0.05) is 19.1 Å². The Morgan fingerprint density at radius 3 is 2.44 bits per heavy atom. The molecule has 0 aromatic carbocycles. The first kappa shape index (κ1) is 13.5. The van der Waals surface area contributed by atoms with E-state index in [9.17, 15) is 0 Å². The van der Waals surface area contributed by atoms with Gasteiger partial charge in [-0.25, -0.2) is 0 Å². The molecule has 1 unspecified atom stereocenters. The Bertz CT molecular complexity index is 226. The molecule has 0 spiro atoms. The van der Waals surface area contributed by atoms with Crippen LogP contribution >= 0.6 is 0 Å². The number of piperidine rings is 1. The lowest BCUT2D eigenvalue weighted by molar-refractivity contribution is 0.159. The van der Waals surface area contributed by atoms with Gasteiger partial charge in [0.15, 0.2) is 0 Å². The maximum absolute atomic E-state index is 8.88. The summed E-state index contributed by atoms with van der Waals surface area (Å²) in [6.07, 6.45) is 2.56. The van der Waals surface area contributed by atoms with Crippen molar-refractivity contribution in [2.45, 2.75) is 39.7 Å². The Labute approximate surface area is 99.8 Å². The average Bonchev–Trinajstić information content (AvgIpc) is 2.29. The predicted molar refractivity (Wildman–Crippen MR) is 67.1 cm³/mol. The van der Waals surface area contributed by atoms with E-state index in [1.54, 1.807) is 0 Å². The highest BCUT2D eigenvalue weighted by Crippen LogP contribution is 2.16. The van der Waals surface area contributed by atoms with E-state index in [0.717, 1.165) is 32.1 Å². The van der Waals surface area contributed by atoms with E-state index in [-0.39, 0.29) is 5.92 Å². The minimum Gasteiger partial charge on any atom is -0.317 e. The van der Waals surface area contributed by atoms with E-state index in [1.807, 2.05) is 6.92 Å². The second-order valence-corrected chi connectivity index (χ2v) is 5.27. The van der Waals surface area contributed by atoms with Gasteiger partial charge in [-0.15, -0.1) is 0 Å². The van der Waals surface area contributed by atoms with Crippen molar-refractivity contribution in [3.63, 3.8) is 0 Å². The highest BCUT2D eigenvalue weighted by atomic mass is 15.1. The summed E-state index contributed by atoms with van der Waals surface area (Å²) in [6.45, 7) is 10.9. The number of hydrogen-bond acceptors (Lipinski definition) is 3. The zero-order valence-corrected chi connectivity index (χ0v) is 10.9. The van der Waals surface area contributed by atoms with E-state index in [0.29, 0.717) is 6.04 Å². The number of rotatable bonds is 5. The minimum atomic E-state index is 0.143. The maximum atomic E-state index is 8.88. The Morgan fingerprint density at radius 1 is 1.31 bits per heavy atom. The second-order valence-electron chi connectivity index (χ2n) is 5.27. The summed E-state index contributed by atoms with van der Waals surface area (Å²) >= 11 is 0. The third-order valence-corrected chi connectivity index (χ3v) is 3.41. The van der Waals surface area contributed by atoms with Crippen molar-refractivity contribution >= 4 is 0 Å². The van der Waals surface area contributed by atoms with Crippen molar-refractivity contribution in [3.05, 3.63) is 0 Å². The van der Waals surface area contributed by atoms with Gasteiger partial charge in [0.05, 0.1) is 12.0 Å². The molecule has 0 amide bonds. The van der Waals surface area contributed by atoms with Gasteiger partial charge >= 0.3 is 0 Å². The summed E-state index contributed by atoms with van der Waals surface area (Å²) in [5.41, 5.74) is 0. The molecule has 0 saturated carbocycles. The molecule has 1 N–H and O–H groups in total. The first-order valence-electron chi connectivity index (χ1n) is 6.48. The summed E-state index contributed by atoms with van der Waals surface area (Å²) in [6, 6.07) is 2.88. The second kappa shape index (κ2) is 6.88. The monoisotopic (exact) mass is 223 g/mol. The lowest BCUT2D eigenvalue weighted by Crippen LogP contribution is -2.41. The smallest absolute Gasteiger partial charge is 0.0666 e. The van der Waals surface area contributed by atoms with Gasteiger partial charge in [0.25, 0.3) is 0 Å². The van der Waals surface area contributed by atoms with Crippen LogP contribution < -0.4 is 5.32 Å². The number of nitrogens with zero attached hydrogens (tertiary/aromatic N) is 2. The van der Waals surface area contributed by atoms with Crippen molar-refractivity contribution in [2.75, 3.05) is 26.2 Å². The van der Waals surface area contributed by atoms with Crippen LogP contribution in [-0.4, -0.2) is 37.1 Å². The van der Waals surface area contributed by atoms with Crippen LogP contribution in [0.4, 0.5) is 0 Å². The fourth-order valence-electron chi connectivity index (χ4n) is 2.28. The molecule has 1 aliphatic heterocycles. The molecular weight excluding hydrogens is 198 g/mol. The van der Waals surface area contributed by atoms with Gasteiger partial charge in [-0.1, -0.05) is 0 Å². The topological polar surface area (TPSA) is 39.1 Å². The molecule has 1 atom stereocenters. The molecular formula is C13H25N3. The molecule has 16 heavy (non-hydrogen) atoms. The number of hydrogen-bond donors (Lipinski definition) is 1. The zero-order chi connectivity index (χ0) is 12.0. The van der Waals surface area contributed by atoms with Crippen LogP contribution in [0.3, 0.4) is 0 Å². The van der Waals surface area contributed by atoms with E-state index < -0.39 is 0 Å². The van der Waals surface area contributed by atoms with E-state index in [1.165, 1.54) is 12.8 Å². The molecule has 0 aromatic rings. The average molecular weight is 223 g/mol. The van der Waals surface area contributed by atoms with Crippen LogP contribution in [-0.2, 0) is 0 Å². The Kier molecular flexibility index (Phi) is 5.79. The van der Waals surface area contributed by atoms with Gasteiger partial charge < -0.3 is 5.32 Å². The summed E-state index contributed by atoms with van der Waals surface area (Å²) in [4.78, 5) is 2.46. The zero-order valence-electron chi connectivity index (χ0n) is 10.9. The van der Waals surface area contributed by atoms with Gasteiger partial charge in [-0.05, 0) is 52.6 Å². The lowest BCUT2D eigenvalue weighted by atomic mass is 9.96. The molecule has 3 nitrogen and oxygen atoms in total. The molecule has 1 fully saturated rings. The molecule has 0 bridgehead atoms. The van der Waals surface area contributed by atoms with Crippen LogP contribution in [0.5, 0.6) is 0 Å². The molecule has 1 aliphatic rings. The fraction of sp³-hybridized carbons (Fsp3) is 0.923. The highest BCUT2D eigenvalue weighted by molar-refractivity contribution is 4.83. The maximum Gasteiger partial charge on any atom is 0.0666 e. The first-order chi connectivity index (χ1) is 7.63. The number of nitriles is 1. The molecule has 3 heteroatoms. The summed E-state index contributed by atoms with van der Waals surface area (Å²) in [7, 11) is 0. The third-order valence-electron chi connectivity index (χ3n) is 3.41. The van der Waals surface area contributed by atoms with Gasteiger partial charge in [0.1, 0.15) is 0 Å². The highest BCUT2D eigenvalue weighted by Gasteiger charge is 2.20. The van der Waals surface area contributed by atoms with Crippen molar-refractivity contribution in [1.82, 2.24) is 10.2 Å². The van der Waals surface area contributed by atoms with Gasteiger partial charge in [-0.2, -0.15) is 5.26 Å². The minimum absolute atomic E-state index is 0.143. The normalized spacial score (nSPS) is 20.0. The quantitative estimate of drug-likeness (QED) is 0.773. The Hall–Kier alpha value is -0.590. The van der Waals surface area contributed by atoms with E-state index in [4.69, 9.17) is 5.26 Å². The molecule has 92 valence electrons. The van der Waals surface area contributed by atoms with Crippen molar-refractivity contribution in [1.29, 1.82) is 5.26 Å². The van der Waals surface area contributed by atoms with Crippen molar-refractivity contribution in [2.24, 2.45) is 11.8 Å².